The molecule has 1 amide bonds. The van der Waals surface area contributed by atoms with E-state index in [-0.39, 0.29) is 11.9 Å². The van der Waals surface area contributed by atoms with Crippen LogP contribution in [0.1, 0.15) is 34.5 Å². The van der Waals surface area contributed by atoms with E-state index >= 15 is 0 Å². The molecule has 0 bridgehead atoms. The average Bonchev–Trinajstić information content (AvgIpc) is 3.16. The third-order valence-corrected chi connectivity index (χ3v) is 4.32. The molecule has 7 heteroatoms. The predicted molar refractivity (Wildman–Crippen MR) is 107 cm³/mol. The summed E-state index contributed by atoms with van der Waals surface area (Å²) in [4.78, 5) is 25.2. The van der Waals surface area contributed by atoms with Crippen molar-refractivity contribution in [2.24, 2.45) is 0 Å². The number of hydrogen-bond acceptors (Lipinski definition) is 6. The van der Waals surface area contributed by atoms with Crippen molar-refractivity contribution in [2.45, 2.75) is 19.9 Å². The third-order valence-electron chi connectivity index (χ3n) is 4.32. The molecule has 0 fully saturated rings. The van der Waals surface area contributed by atoms with Crippen molar-refractivity contribution < 1.29 is 9.21 Å². The number of benzene rings is 1. The predicted octanol–water partition coefficient (Wildman–Crippen LogP) is 4.35. The Hall–Kier alpha value is -3.74. The molecule has 4 aromatic rings. The van der Waals surface area contributed by atoms with E-state index in [2.05, 4.69) is 25.6 Å². The Balaban J connectivity index is 1.48. The summed E-state index contributed by atoms with van der Waals surface area (Å²) < 4.78 is 5.29. The van der Waals surface area contributed by atoms with Crippen LogP contribution in [0.3, 0.4) is 0 Å². The van der Waals surface area contributed by atoms with Gasteiger partial charge in [-0.05, 0) is 43.2 Å². The first kappa shape index (κ1) is 17.7. The number of nitrogens with zero attached hydrogens (tertiary/aromatic N) is 3. The Kier molecular flexibility index (Phi) is 4.72. The lowest BCUT2D eigenvalue weighted by atomic mass is 10.1. The highest BCUT2D eigenvalue weighted by molar-refractivity contribution is 6.04. The quantitative estimate of drug-likeness (QED) is 0.540. The Morgan fingerprint density at radius 2 is 2.04 bits per heavy atom. The zero-order chi connectivity index (χ0) is 19.5. The first-order valence-corrected chi connectivity index (χ1v) is 8.88. The van der Waals surface area contributed by atoms with E-state index in [0.717, 1.165) is 11.1 Å². The second kappa shape index (κ2) is 7.48. The molecule has 0 saturated heterocycles. The van der Waals surface area contributed by atoms with Crippen LogP contribution in [0.25, 0.3) is 11.2 Å². The van der Waals surface area contributed by atoms with E-state index in [1.165, 1.54) is 0 Å². The molecule has 7 nitrogen and oxygen atoms in total. The fourth-order valence-electron chi connectivity index (χ4n) is 2.89. The fraction of sp³-hybridized carbons (Fsp3) is 0.143. The molecule has 140 valence electrons. The van der Waals surface area contributed by atoms with Crippen molar-refractivity contribution in [1.29, 1.82) is 0 Å². The van der Waals surface area contributed by atoms with Crippen LogP contribution < -0.4 is 10.6 Å². The van der Waals surface area contributed by atoms with Gasteiger partial charge >= 0.3 is 0 Å². The van der Waals surface area contributed by atoms with Gasteiger partial charge in [0, 0.05) is 24.1 Å². The van der Waals surface area contributed by atoms with Gasteiger partial charge in [0.05, 0.1) is 24.1 Å². The Morgan fingerprint density at radius 1 is 1.14 bits per heavy atom. The van der Waals surface area contributed by atoms with Crippen LogP contribution >= 0.6 is 0 Å². The molecular weight excluding hydrogens is 354 g/mol. The van der Waals surface area contributed by atoms with Crippen LogP contribution in [-0.2, 0) is 0 Å². The number of carbonyl (C=O) groups excluding carboxylic acids is 1. The smallest absolute Gasteiger partial charge is 0.257 e. The molecule has 28 heavy (non-hydrogen) atoms. The summed E-state index contributed by atoms with van der Waals surface area (Å²) in [7, 11) is 0. The third kappa shape index (κ3) is 3.83. The molecule has 4 rings (SSSR count). The largest absolute Gasteiger partial charge is 0.445 e. The number of rotatable bonds is 5. The molecule has 0 spiro atoms. The van der Waals surface area contributed by atoms with Gasteiger partial charge in [-0.3, -0.25) is 9.78 Å². The summed E-state index contributed by atoms with van der Waals surface area (Å²) >= 11 is 0. The highest BCUT2D eigenvalue weighted by atomic mass is 16.3. The second-order valence-corrected chi connectivity index (χ2v) is 6.56. The van der Waals surface area contributed by atoms with Gasteiger partial charge in [0.15, 0.2) is 0 Å². The number of furan rings is 1. The molecule has 0 aliphatic heterocycles. The van der Waals surface area contributed by atoms with Crippen LogP contribution in [-0.4, -0.2) is 20.9 Å². The maximum absolute atomic E-state index is 12.4. The van der Waals surface area contributed by atoms with Crippen LogP contribution in [0.4, 0.5) is 11.5 Å². The van der Waals surface area contributed by atoms with Crippen LogP contribution in [0, 0.1) is 6.92 Å². The minimum absolute atomic E-state index is 0.0424. The first-order valence-electron chi connectivity index (χ1n) is 8.88. The topological polar surface area (TPSA) is 92.9 Å². The molecular formula is C21H19N5O2. The summed E-state index contributed by atoms with van der Waals surface area (Å²) in [5.74, 6) is 0.429. The van der Waals surface area contributed by atoms with Crippen molar-refractivity contribution in [2.75, 3.05) is 10.6 Å². The highest BCUT2D eigenvalue weighted by Gasteiger charge is 2.11. The van der Waals surface area contributed by atoms with Crippen LogP contribution in [0.5, 0.6) is 0 Å². The lowest BCUT2D eigenvalue weighted by Crippen LogP contribution is -2.13. The Labute approximate surface area is 161 Å². The van der Waals surface area contributed by atoms with Crippen molar-refractivity contribution >= 4 is 28.6 Å². The van der Waals surface area contributed by atoms with Gasteiger partial charge in [-0.15, -0.1) is 0 Å². The van der Waals surface area contributed by atoms with Crippen molar-refractivity contribution in [3.63, 3.8) is 0 Å². The number of amides is 1. The summed E-state index contributed by atoms with van der Waals surface area (Å²) in [6.07, 6.45) is 6.51. The molecule has 0 unspecified atom stereocenters. The lowest BCUT2D eigenvalue weighted by Gasteiger charge is -2.16. The Bertz CT molecular complexity index is 1140. The molecule has 0 aliphatic carbocycles. The SMILES string of the molecule is Cc1cncc(C(=O)Nc2cccc([C@H](C)Nc3cnc4ccoc4n3)c2)c1. The fourth-order valence-corrected chi connectivity index (χ4v) is 2.89. The zero-order valence-corrected chi connectivity index (χ0v) is 15.5. The van der Waals surface area contributed by atoms with E-state index < -0.39 is 0 Å². The first-order chi connectivity index (χ1) is 13.6. The number of hydrogen-bond donors (Lipinski definition) is 2. The molecule has 3 heterocycles. The Morgan fingerprint density at radius 3 is 2.89 bits per heavy atom. The number of anilines is 2. The number of nitrogens with one attached hydrogen (secondary N) is 2. The minimum Gasteiger partial charge on any atom is -0.445 e. The van der Waals surface area contributed by atoms with Crippen molar-refractivity contribution in [3.8, 4) is 0 Å². The number of aromatic nitrogens is 3. The van der Waals surface area contributed by atoms with Gasteiger partial charge < -0.3 is 15.1 Å². The van der Waals surface area contributed by atoms with Gasteiger partial charge in [-0.2, -0.15) is 4.98 Å². The monoisotopic (exact) mass is 373 g/mol. The van der Waals surface area contributed by atoms with Gasteiger partial charge in [0.2, 0.25) is 5.71 Å². The lowest BCUT2D eigenvalue weighted by molar-refractivity contribution is 0.102. The number of carbonyl (C=O) groups is 1. The second-order valence-electron chi connectivity index (χ2n) is 6.56. The van der Waals surface area contributed by atoms with Gasteiger partial charge in [-0.1, -0.05) is 12.1 Å². The van der Waals surface area contributed by atoms with E-state index in [1.54, 1.807) is 37.0 Å². The van der Waals surface area contributed by atoms with Crippen LogP contribution in [0.2, 0.25) is 0 Å². The normalized spacial score (nSPS) is 11.9. The molecule has 3 aromatic heterocycles. The maximum Gasteiger partial charge on any atom is 0.257 e. The van der Waals surface area contributed by atoms with E-state index in [9.17, 15) is 4.79 Å². The van der Waals surface area contributed by atoms with E-state index in [4.69, 9.17) is 4.42 Å². The minimum atomic E-state index is -0.192. The summed E-state index contributed by atoms with van der Waals surface area (Å²) in [6, 6.07) is 11.2. The van der Waals surface area contributed by atoms with Crippen molar-refractivity contribution in [1.82, 2.24) is 15.0 Å². The molecule has 0 saturated carbocycles. The van der Waals surface area contributed by atoms with Gasteiger partial charge in [0.25, 0.3) is 5.91 Å². The summed E-state index contributed by atoms with van der Waals surface area (Å²) in [6.45, 7) is 3.92. The average molecular weight is 373 g/mol. The van der Waals surface area contributed by atoms with E-state index in [1.807, 2.05) is 38.1 Å². The van der Waals surface area contributed by atoms with Gasteiger partial charge in [-0.25, -0.2) is 4.98 Å². The molecule has 2 N–H and O–H groups in total. The molecule has 1 aromatic carbocycles. The maximum atomic E-state index is 12.4. The van der Waals surface area contributed by atoms with Crippen LogP contribution in [0.15, 0.2) is 65.7 Å². The molecule has 0 aliphatic rings. The summed E-state index contributed by atoms with van der Waals surface area (Å²) in [5, 5.41) is 6.22. The summed E-state index contributed by atoms with van der Waals surface area (Å²) in [5.41, 5.74) is 4.39. The van der Waals surface area contributed by atoms with Gasteiger partial charge in [0.1, 0.15) is 11.3 Å². The number of pyridine rings is 1. The zero-order valence-electron chi connectivity index (χ0n) is 15.5. The van der Waals surface area contributed by atoms with E-state index in [0.29, 0.717) is 28.3 Å². The molecule has 0 radical (unpaired) electrons. The van der Waals surface area contributed by atoms with Crippen molar-refractivity contribution in [3.05, 3.63) is 77.9 Å². The number of fused-ring (bicyclic) bond motifs is 1. The standard InChI is InChI=1S/C21H19N5O2/c1-13-8-16(11-22-10-13)20(27)25-17-5-3-4-15(9-17)14(2)24-19-12-23-18-6-7-28-21(18)26-19/h3-12,14H,1-2H3,(H,24,26)(H,25,27)/t14-/m0/s1. The molecule has 1 atom stereocenters. The number of aryl methyl sites for hydroxylation is 1. The highest BCUT2D eigenvalue weighted by Crippen LogP contribution is 2.22.